The van der Waals surface area contributed by atoms with Gasteiger partial charge in [0.2, 0.25) is 0 Å². The molecule has 0 aromatic carbocycles. The van der Waals surface area contributed by atoms with E-state index in [1.54, 1.807) is 6.20 Å². The van der Waals surface area contributed by atoms with Crippen molar-refractivity contribution in [1.82, 2.24) is 15.5 Å². The van der Waals surface area contributed by atoms with Crippen LogP contribution in [-0.2, 0) is 6.54 Å². The Morgan fingerprint density at radius 3 is 2.94 bits per heavy atom. The third kappa shape index (κ3) is 2.67. The number of aromatic nitrogens is 2. The van der Waals surface area contributed by atoms with E-state index in [4.69, 9.17) is 4.52 Å². The Balaban J connectivity index is 1.91. The first-order chi connectivity index (χ1) is 7.75. The SMILES string of the molecule is Cc1cc(CNC(C)c2ccccn2)no1. The molecular formula is C12H15N3O. The minimum absolute atomic E-state index is 0.207. The molecule has 0 bridgehead atoms. The van der Waals surface area contributed by atoms with Crippen molar-refractivity contribution < 1.29 is 4.52 Å². The molecule has 0 saturated heterocycles. The van der Waals surface area contributed by atoms with Crippen molar-refractivity contribution in [2.75, 3.05) is 0 Å². The number of rotatable bonds is 4. The van der Waals surface area contributed by atoms with Crippen molar-refractivity contribution >= 4 is 0 Å². The molecule has 84 valence electrons. The molecule has 0 amide bonds. The first-order valence-corrected chi connectivity index (χ1v) is 5.32. The maximum Gasteiger partial charge on any atom is 0.133 e. The Bertz CT molecular complexity index is 439. The van der Waals surface area contributed by atoms with E-state index >= 15 is 0 Å². The predicted octanol–water partition coefficient (Wildman–Crippen LogP) is 2.23. The molecule has 2 aromatic rings. The van der Waals surface area contributed by atoms with Crippen molar-refractivity contribution in [2.45, 2.75) is 26.4 Å². The van der Waals surface area contributed by atoms with Gasteiger partial charge in [0, 0.05) is 24.8 Å². The molecule has 2 heterocycles. The van der Waals surface area contributed by atoms with E-state index in [0.717, 1.165) is 17.1 Å². The second kappa shape index (κ2) is 4.90. The third-order valence-corrected chi connectivity index (χ3v) is 2.40. The molecule has 4 heteroatoms. The van der Waals surface area contributed by atoms with E-state index in [2.05, 4.69) is 22.4 Å². The summed E-state index contributed by atoms with van der Waals surface area (Å²) in [5.41, 5.74) is 1.95. The van der Waals surface area contributed by atoms with Gasteiger partial charge in [0.1, 0.15) is 5.76 Å². The molecule has 0 saturated carbocycles. The molecule has 0 aliphatic heterocycles. The monoisotopic (exact) mass is 217 g/mol. The molecule has 0 aliphatic rings. The summed E-state index contributed by atoms with van der Waals surface area (Å²) in [5, 5.41) is 7.27. The number of aryl methyl sites for hydroxylation is 1. The van der Waals surface area contributed by atoms with Gasteiger partial charge in [-0.2, -0.15) is 0 Å². The summed E-state index contributed by atoms with van der Waals surface area (Å²) in [4.78, 5) is 4.29. The lowest BCUT2D eigenvalue weighted by Gasteiger charge is -2.11. The van der Waals surface area contributed by atoms with Crippen LogP contribution < -0.4 is 5.32 Å². The molecule has 1 N–H and O–H groups in total. The van der Waals surface area contributed by atoms with Crippen LogP contribution in [0.2, 0.25) is 0 Å². The Hall–Kier alpha value is -1.68. The average Bonchev–Trinajstić information content (AvgIpc) is 2.73. The minimum atomic E-state index is 0.207. The number of nitrogens with zero attached hydrogens (tertiary/aromatic N) is 2. The maximum absolute atomic E-state index is 5.00. The summed E-state index contributed by atoms with van der Waals surface area (Å²) in [6.07, 6.45) is 1.80. The fourth-order valence-electron chi connectivity index (χ4n) is 1.50. The van der Waals surface area contributed by atoms with E-state index < -0.39 is 0 Å². The number of nitrogens with one attached hydrogen (secondary N) is 1. The smallest absolute Gasteiger partial charge is 0.133 e. The molecule has 0 spiro atoms. The summed E-state index contributed by atoms with van der Waals surface area (Å²) in [5.74, 6) is 0.835. The molecule has 0 aliphatic carbocycles. The number of hydrogen-bond donors (Lipinski definition) is 1. The summed E-state index contributed by atoms with van der Waals surface area (Å²) in [6, 6.07) is 8.04. The first kappa shape index (κ1) is 10.8. The fraction of sp³-hybridized carbons (Fsp3) is 0.333. The van der Waals surface area contributed by atoms with E-state index in [1.165, 1.54) is 0 Å². The molecule has 16 heavy (non-hydrogen) atoms. The van der Waals surface area contributed by atoms with Crippen LogP contribution in [0.3, 0.4) is 0 Å². The van der Waals surface area contributed by atoms with Crippen LogP contribution in [0.4, 0.5) is 0 Å². The first-order valence-electron chi connectivity index (χ1n) is 5.32. The highest BCUT2D eigenvalue weighted by atomic mass is 16.5. The van der Waals surface area contributed by atoms with Crippen LogP contribution in [0.25, 0.3) is 0 Å². The maximum atomic E-state index is 5.00. The van der Waals surface area contributed by atoms with Gasteiger partial charge in [-0.05, 0) is 26.0 Å². The van der Waals surface area contributed by atoms with Gasteiger partial charge in [0.25, 0.3) is 0 Å². The van der Waals surface area contributed by atoms with Crippen molar-refractivity contribution in [2.24, 2.45) is 0 Å². The zero-order chi connectivity index (χ0) is 11.4. The van der Waals surface area contributed by atoms with Crippen LogP contribution in [0.15, 0.2) is 35.0 Å². The van der Waals surface area contributed by atoms with Crippen LogP contribution in [0.1, 0.15) is 30.1 Å². The lowest BCUT2D eigenvalue weighted by molar-refractivity contribution is 0.386. The van der Waals surface area contributed by atoms with Crippen molar-refractivity contribution in [3.63, 3.8) is 0 Å². The molecule has 1 atom stereocenters. The summed E-state index contributed by atoms with van der Waals surface area (Å²) >= 11 is 0. The van der Waals surface area contributed by atoms with Crippen molar-refractivity contribution in [1.29, 1.82) is 0 Å². The van der Waals surface area contributed by atoms with E-state index in [1.807, 2.05) is 31.2 Å². The van der Waals surface area contributed by atoms with Crippen LogP contribution in [0.5, 0.6) is 0 Å². The highest BCUT2D eigenvalue weighted by Crippen LogP contribution is 2.09. The van der Waals surface area contributed by atoms with Crippen LogP contribution in [-0.4, -0.2) is 10.1 Å². The quantitative estimate of drug-likeness (QED) is 0.853. The van der Waals surface area contributed by atoms with Crippen molar-refractivity contribution in [3.8, 4) is 0 Å². The van der Waals surface area contributed by atoms with Crippen LogP contribution in [0, 0.1) is 6.92 Å². The van der Waals surface area contributed by atoms with Gasteiger partial charge in [-0.15, -0.1) is 0 Å². The number of hydrogen-bond acceptors (Lipinski definition) is 4. The molecule has 1 unspecified atom stereocenters. The van der Waals surface area contributed by atoms with Gasteiger partial charge in [0.15, 0.2) is 0 Å². The van der Waals surface area contributed by atoms with Gasteiger partial charge < -0.3 is 9.84 Å². The summed E-state index contributed by atoms with van der Waals surface area (Å²) in [6.45, 7) is 4.66. The Morgan fingerprint density at radius 1 is 1.44 bits per heavy atom. The Morgan fingerprint density at radius 2 is 2.31 bits per heavy atom. The van der Waals surface area contributed by atoms with Crippen LogP contribution >= 0.6 is 0 Å². The zero-order valence-corrected chi connectivity index (χ0v) is 9.47. The normalized spacial score (nSPS) is 12.6. The van der Waals surface area contributed by atoms with Gasteiger partial charge >= 0.3 is 0 Å². The molecule has 4 nitrogen and oxygen atoms in total. The van der Waals surface area contributed by atoms with E-state index in [-0.39, 0.29) is 6.04 Å². The highest BCUT2D eigenvalue weighted by Gasteiger charge is 2.06. The average molecular weight is 217 g/mol. The van der Waals surface area contributed by atoms with Gasteiger partial charge in [-0.1, -0.05) is 11.2 Å². The lowest BCUT2D eigenvalue weighted by Crippen LogP contribution is -2.19. The largest absolute Gasteiger partial charge is 0.361 e. The summed E-state index contributed by atoms with van der Waals surface area (Å²) < 4.78 is 5.00. The number of pyridine rings is 1. The highest BCUT2D eigenvalue weighted by molar-refractivity contribution is 5.09. The standard InChI is InChI=1S/C12H15N3O/c1-9-7-11(15-16-9)8-14-10(2)12-5-3-4-6-13-12/h3-7,10,14H,8H2,1-2H3. The molecule has 2 aromatic heterocycles. The van der Waals surface area contributed by atoms with Gasteiger partial charge in [-0.25, -0.2) is 0 Å². The fourth-order valence-corrected chi connectivity index (χ4v) is 1.50. The zero-order valence-electron chi connectivity index (χ0n) is 9.47. The minimum Gasteiger partial charge on any atom is -0.361 e. The second-order valence-electron chi connectivity index (χ2n) is 3.79. The molecular weight excluding hydrogens is 202 g/mol. The molecule has 0 radical (unpaired) electrons. The van der Waals surface area contributed by atoms with E-state index in [0.29, 0.717) is 6.54 Å². The third-order valence-electron chi connectivity index (χ3n) is 2.40. The van der Waals surface area contributed by atoms with Gasteiger partial charge in [0.05, 0.1) is 11.4 Å². The topological polar surface area (TPSA) is 51.0 Å². The van der Waals surface area contributed by atoms with E-state index in [9.17, 15) is 0 Å². The molecule has 2 rings (SSSR count). The van der Waals surface area contributed by atoms with Crippen molar-refractivity contribution in [3.05, 3.63) is 47.6 Å². The Kier molecular flexibility index (Phi) is 3.31. The molecule has 0 fully saturated rings. The lowest BCUT2D eigenvalue weighted by atomic mass is 10.2. The van der Waals surface area contributed by atoms with Gasteiger partial charge in [-0.3, -0.25) is 4.98 Å². The Labute approximate surface area is 94.7 Å². The predicted molar refractivity (Wildman–Crippen MR) is 60.7 cm³/mol. The second-order valence-corrected chi connectivity index (χ2v) is 3.79. The summed E-state index contributed by atoms with van der Waals surface area (Å²) in [7, 11) is 0.